The molecule has 0 amide bonds. The Kier molecular flexibility index (Phi) is 7.48. The first-order chi connectivity index (χ1) is 8.43. The maximum Gasteiger partial charge on any atom is 0.337 e. The Balaban J connectivity index is 5.09. The van der Waals surface area contributed by atoms with Gasteiger partial charge in [0.2, 0.25) is 0 Å². The molecule has 3 nitrogen and oxygen atoms in total. The van der Waals surface area contributed by atoms with Crippen LogP contribution in [0.3, 0.4) is 0 Å². The Morgan fingerprint density at radius 1 is 1.22 bits per heavy atom. The van der Waals surface area contributed by atoms with Crippen molar-refractivity contribution in [2.75, 3.05) is 6.61 Å². The van der Waals surface area contributed by atoms with Gasteiger partial charge in [0, 0.05) is 6.42 Å². The number of hydrogen-bond donors (Lipinski definition) is 0. The molecular weight excluding hydrogens is 244 g/mol. The molecule has 18 heavy (non-hydrogen) atoms. The highest BCUT2D eigenvalue weighted by molar-refractivity contribution is 6.73. The molecule has 4 heteroatoms. The third kappa shape index (κ3) is 4.25. The number of rotatable bonds is 9. The minimum atomic E-state index is -1.83. The lowest BCUT2D eigenvalue weighted by Crippen LogP contribution is -2.50. The van der Waals surface area contributed by atoms with Crippen LogP contribution < -0.4 is 0 Å². The van der Waals surface area contributed by atoms with Crippen molar-refractivity contribution in [3.05, 3.63) is 12.7 Å². The van der Waals surface area contributed by atoms with Crippen LogP contribution in [0.25, 0.3) is 0 Å². The molecule has 0 spiro atoms. The van der Waals surface area contributed by atoms with Crippen molar-refractivity contribution in [3.63, 3.8) is 0 Å². The Morgan fingerprint density at radius 2 is 1.72 bits per heavy atom. The second-order valence-electron chi connectivity index (χ2n) is 4.79. The average Bonchev–Trinajstić information content (AvgIpc) is 2.37. The standard InChI is InChI=1S/C14H28O3Si/c1-7-12-14(6,13(15)16-8-2)17-18(9-3,10-4)11-5/h7H,1,8-12H2,2-6H3. The van der Waals surface area contributed by atoms with E-state index in [-0.39, 0.29) is 5.97 Å². The summed E-state index contributed by atoms with van der Waals surface area (Å²) in [5.41, 5.74) is -0.869. The van der Waals surface area contributed by atoms with Gasteiger partial charge in [-0.05, 0) is 32.0 Å². The summed E-state index contributed by atoms with van der Waals surface area (Å²) in [5, 5.41) is 0. The molecule has 0 N–H and O–H groups in total. The van der Waals surface area contributed by atoms with Gasteiger partial charge in [-0.25, -0.2) is 4.79 Å². The van der Waals surface area contributed by atoms with Gasteiger partial charge in [-0.3, -0.25) is 0 Å². The van der Waals surface area contributed by atoms with Gasteiger partial charge in [-0.1, -0.05) is 26.8 Å². The topological polar surface area (TPSA) is 35.5 Å². The molecule has 0 bridgehead atoms. The number of carbonyl (C=O) groups excluding carboxylic acids is 1. The Morgan fingerprint density at radius 3 is 2.06 bits per heavy atom. The lowest BCUT2D eigenvalue weighted by atomic mass is 10.0. The van der Waals surface area contributed by atoms with Crippen LogP contribution in [-0.2, 0) is 14.0 Å². The van der Waals surface area contributed by atoms with Crippen LogP contribution in [0, 0.1) is 0 Å². The van der Waals surface area contributed by atoms with Crippen LogP contribution in [-0.4, -0.2) is 26.5 Å². The molecule has 0 aliphatic rings. The van der Waals surface area contributed by atoms with Crippen LogP contribution in [0.4, 0.5) is 0 Å². The largest absolute Gasteiger partial charge is 0.464 e. The Bertz CT molecular complexity index is 266. The van der Waals surface area contributed by atoms with Gasteiger partial charge in [0.15, 0.2) is 13.9 Å². The van der Waals surface area contributed by atoms with Crippen LogP contribution in [0.5, 0.6) is 0 Å². The molecule has 0 radical (unpaired) electrons. The van der Waals surface area contributed by atoms with E-state index in [0.29, 0.717) is 13.0 Å². The smallest absolute Gasteiger partial charge is 0.337 e. The molecule has 0 saturated heterocycles. The molecule has 0 aromatic carbocycles. The van der Waals surface area contributed by atoms with E-state index >= 15 is 0 Å². The first-order valence-electron chi connectivity index (χ1n) is 6.91. The summed E-state index contributed by atoms with van der Waals surface area (Å²) in [4.78, 5) is 12.1. The lowest BCUT2D eigenvalue weighted by molar-refractivity contribution is -0.161. The van der Waals surface area contributed by atoms with Gasteiger partial charge in [-0.15, -0.1) is 6.58 Å². The van der Waals surface area contributed by atoms with Crippen molar-refractivity contribution in [1.82, 2.24) is 0 Å². The van der Waals surface area contributed by atoms with Gasteiger partial charge in [0.05, 0.1) is 6.61 Å². The van der Waals surface area contributed by atoms with E-state index < -0.39 is 13.9 Å². The fraction of sp³-hybridized carbons (Fsp3) is 0.786. The summed E-state index contributed by atoms with van der Waals surface area (Å²) in [7, 11) is -1.83. The van der Waals surface area contributed by atoms with Gasteiger partial charge in [0.25, 0.3) is 0 Å². The second kappa shape index (κ2) is 7.74. The molecule has 0 fully saturated rings. The number of ether oxygens (including phenoxy) is 1. The first-order valence-corrected chi connectivity index (χ1v) is 9.44. The van der Waals surface area contributed by atoms with Crippen LogP contribution in [0.15, 0.2) is 12.7 Å². The van der Waals surface area contributed by atoms with E-state index in [9.17, 15) is 4.79 Å². The van der Waals surface area contributed by atoms with E-state index in [4.69, 9.17) is 9.16 Å². The van der Waals surface area contributed by atoms with Gasteiger partial charge in [-0.2, -0.15) is 0 Å². The van der Waals surface area contributed by atoms with Crippen molar-refractivity contribution >= 4 is 14.3 Å². The SMILES string of the molecule is C=CCC(C)(O[Si](CC)(CC)CC)C(=O)OCC. The fourth-order valence-electron chi connectivity index (χ4n) is 2.17. The third-order valence-electron chi connectivity index (χ3n) is 3.62. The van der Waals surface area contributed by atoms with E-state index in [2.05, 4.69) is 27.4 Å². The minimum Gasteiger partial charge on any atom is -0.464 e. The molecule has 1 atom stereocenters. The molecule has 0 aliphatic carbocycles. The van der Waals surface area contributed by atoms with Crippen molar-refractivity contribution < 1.29 is 14.0 Å². The third-order valence-corrected chi connectivity index (χ3v) is 8.37. The van der Waals surface area contributed by atoms with E-state index in [1.54, 1.807) is 6.08 Å². The average molecular weight is 272 g/mol. The number of hydrogen-bond acceptors (Lipinski definition) is 3. The summed E-state index contributed by atoms with van der Waals surface area (Å²) >= 11 is 0. The second-order valence-corrected chi connectivity index (χ2v) is 9.48. The van der Waals surface area contributed by atoms with Crippen LogP contribution in [0.2, 0.25) is 18.1 Å². The van der Waals surface area contributed by atoms with Crippen molar-refractivity contribution in [1.29, 1.82) is 0 Å². The molecule has 0 rings (SSSR count). The summed E-state index contributed by atoms with van der Waals surface area (Å²) in [6.45, 7) is 14.2. The highest BCUT2D eigenvalue weighted by atomic mass is 28.4. The monoisotopic (exact) mass is 272 g/mol. The van der Waals surface area contributed by atoms with Crippen LogP contribution >= 0.6 is 0 Å². The van der Waals surface area contributed by atoms with Gasteiger partial charge < -0.3 is 9.16 Å². The Hall–Kier alpha value is -0.613. The quantitative estimate of drug-likeness (QED) is 0.363. The van der Waals surface area contributed by atoms with Crippen molar-refractivity contribution in [2.45, 2.75) is 64.8 Å². The number of esters is 1. The summed E-state index contributed by atoms with van der Waals surface area (Å²) in [6.07, 6.45) is 2.23. The molecule has 0 aromatic heterocycles. The predicted molar refractivity (Wildman–Crippen MR) is 78.1 cm³/mol. The van der Waals surface area contributed by atoms with Crippen LogP contribution in [0.1, 0.15) is 41.0 Å². The highest BCUT2D eigenvalue weighted by Gasteiger charge is 2.43. The van der Waals surface area contributed by atoms with Gasteiger partial charge in [0.1, 0.15) is 0 Å². The van der Waals surface area contributed by atoms with Crippen molar-refractivity contribution in [3.8, 4) is 0 Å². The van der Waals surface area contributed by atoms with E-state index in [1.807, 2.05) is 13.8 Å². The lowest BCUT2D eigenvalue weighted by Gasteiger charge is -2.38. The maximum atomic E-state index is 12.1. The summed E-state index contributed by atoms with van der Waals surface area (Å²) in [5.74, 6) is -0.267. The van der Waals surface area contributed by atoms with E-state index in [0.717, 1.165) is 18.1 Å². The maximum absolute atomic E-state index is 12.1. The molecule has 0 heterocycles. The summed E-state index contributed by atoms with van der Waals surface area (Å²) in [6, 6.07) is 3.06. The Labute approximate surface area is 113 Å². The molecule has 0 aliphatic heterocycles. The normalized spacial score (nSPS) is 14.9. The zero-order chi connectivity index (χ0) is 14.2. The van der Waals surface area contributed by atoms with Crippen molar-refractivity contribution in [2.24, 2.45) is 0 Å². The summed E-state index contributed by atoms with van der Waals surface area (Å²) < 4.78 is 11.5. The zero-order valence-electron chi connectivity index (χ0n) is 12.5. The predicted octanol–water partition coefficient (Wildman–Crippen LogP) is 3.91. The minimum absolute atomic E-state index is 0.267. The number of carbonyl (C=O) groups is 1. The molecule has 0 aromatic rings. The van der Waals surface area contributed by atoms with Gasteiger partial charge >= 0.3 is 5.97 Å². The molecule has 106 valence electrons. The van der Waals surface area contributed by atoms with E-state index in [1.165, 1.54) is 0 Å². The zero-order valence-corrected chi connectivity index (χ0v) is 13.5. The first kappa shape index (κ1) is 17.4. The molecule has 1 unspecified atom stereocenters. The fourth-order valence-corrected chi connectivity index (χ4v) is 5.23. The molecule has 0 saturated carbocycles. The molecular formula is C14H28O3Si. The highest BCUT2D eigenvalue weighted by Crippen LogP contribution is 2.30.